The number of primary amides is 1. The zero-order chi connectivity index (χ0) is 19.9. The summed E-state index contributed by atoms with van der Waals surface area (Å²) in [6, 6.07) is 2.35. The number of thiophene rings is 1. The summed E-state index contributed by atoms with van der Waals surface area (Å²) in [6.45, 7) is 5.09. The second-order valence-electron chi connectivity index (χ2n) is 6.10. The van der Waals surface area contributed by atoms with Crippen LogP contribution in [0.25, 0.3) is 10.2 Å². The van der Waals surface area contributed by atoms with Crippen LogP contribution in [0.1, 0.15) is 46.0 Å². The van der Waals surface area contributed by atoms with Gasteiger partial charge in [0, 0.05) is 17.3 Å². The molecule has 27 heavy (non-hydrogen) atoms. The number of halogens is 2. The molecule has 1 unspecified atom stereocenters. The lowest BCUT2D eigenvalue weighted by atomic mass is 10.1. The predicted octanol–water partition coefficient (Wildman–Crippen LogP) is 3.35. The SMILES string of the molecule is Cc1cc(C(F)F)nc2sc(C(N)=O)c(NC(=O)C(C)n3nccc3C)c12. The van der Waals surface area contributed by atoms with Gasteiger partial charge in [-0.1, -0.05) is 0 Å². The predicted molar refractivity (Wildman–Crippen MR) is 98.1 cm³/mol. The average Bonchev–Trinajstić information content (AvgIpc) is 3.18. The number of nitrogens with two attached hydrogens (primary N) is 1. The van der Waals surface area contributed by atoms with E-state index in [4.69, 9.17) is 5.73 Å². The van der Waals surface area contributed by atoms with Crippen LogP contribution in [0.2, 0.25) is 0 Å². The lowest BCUT2D eigenvalue weighted by Crippen LogP contribution is -2.26. The van der Waals surface area contributed by atoms with E-state index in [1.165, 1.54) is 10.7 Å². The van der Waals surface area contributed by atoms with Gasteiger partial charge in [0.05, 0.1) is 5.69 Å². The molecule has 7 nitrogen and oxygen atoms in total. The molecule has 0 bridgehead atoms. The molecule has 3 rings (SSSR count). The number of carbonyl (C=O) groups is 2. The number of carbonyl (C=O) groups excluding carboxylic acids is 2. The third-order valence-corrected chi connectivity index (χ3v) is 5.29. The minimum Gasteiger partial charge on any atom is -0.365 e. The Morgan fingerprint density at radius 2 is 2.04 bits per heavy atom. The van der Waals surface area contributed by atoms with E-state index in [2.05, 4.69) is 15.4 Å². The van der Waals surface area contributed by atoms with Crippen LogP contribution in [0.4, 0.5) is 14.5 Å². The highest BCUT2D eigenvalue weighted by molar-refractivity contribution is 7.21. The quantitative estimate of drug-likeness (QED) is 0.694. The molecular weight excluding hydrogens is 376 g/mol. The number of anilines is 1. The molecule has 0 saturated heterocycles. The lowest BCUT2D eigenvalue weighted by molar-refractivity contribution is -0.119. The maximum Gasteiger partial charge on any atom is 0.280 e. The number of aryl methyl sites for hydroxylation is 2. The maximum absolute atomic E-state index is 13.0. The molecule has 0 aliphatic carbocycles. The van der Waals surface area contributed by atoms with Crippen molar-refractivity contribution in [2.75, 3.05) is 5.32 Å². The van der Waals surface area contributed by atoms with Crippen molar-refractivity contribution in [1.29, 1.82) is 0 Å². The molecule has 3 aromatic rings. The van der Waals surface area contributed by atoms with E-state index in [9.17, 15) is 18.4 Å². The van der Waals surface area contributed by atoms with E-state index in [1.54, 1.807) is 26.1 Å². The second kappa shape index (κ2) is 7.03. The van der Waals surface area contributed by atoms with E-state index in [-0.39, 0.29) is 15.4 Å². The fourth-order valence-corrected chi connectivity index (χ4v) is 3.90. The Balaban J connectivity index is 2.07. The van der Waals surface area contributed by atoms with E-state index in [0.29, 0.717) is 10.9 Å². The standard InChI is InChI=1S/C17H17F2N5O2S/c1-7-6-10(14(18)19)22-17-11(7)12(13(27-17)15(20)25)23-16(26)9(3)24-8(2)4-5-21-24/h4-6,9,14H,1-3H3,(H2,20,25)(H,23,26). The molecule has 0 saturated carbocycles. The molecular formula is C17H17F2N5O2S. The topological polar surface area (TPSA) is 103 Å². The van der Waals surface area contributed by atoms with Gasteiger partial charge in [-0.2, -0.15) is 5.10 Å². The number of pyridine rings is 1. The Morgan fingerprint density at radius 3 is 2.59 bits per heavy atom. The van der Waals surface area contributed by atoms with Gasteiger partial charge >= 0.3 is 0 Å². The van der Waals surface area contributed by atoms with E-state index < -0.39 is 30.0 Å². The van der Waals surface area contributed by atoms with E-state index in [1.807, 2.05) is 6.92 Å². The Kier molecular flexibility index (Phi) is 4.92. The molecule has 3 N–H and O–H groups in total. The summed E-state index contributed by atoms with van der Waals surface area (Å²) in [7, 11) is 0. The van der Waals surface area contributed by atoms with Gasteiger partial charge in [0.1, 0.15) is 21.4 Å². The van der Waals surface area contributed by atoms with Gasteiger partial charge in [-0.05, 0) is 38.5 Å². The number of hydrogen-bond donors (Lipinski definition) is 2. The van der Waals surface area contributed by atoms with Crippen molar-refractivity contribution in [2.24, 2.45) is 5.73 Å². The normalized spacial score (nSPS) is 12.5. The minimum absolute atomic E-state index is 0.0600. The number of fused-ring (bicyclic) bond motifs is 1. The molecule has 142 valence electrons. The summed E-state index contributed by atoms with van der Waals surface area (Å²) in [4.78, 5) is 28.7. The van der Waals surface area contributed by atoms with Crippen LogP contribution in [0.5, 0.6) is 0 Å². The zero-order valence-electron chi connectivity index (χ0n) is 14.8. The maximum atomic E-state index is 13.0. The number of rotatable bonds is 5. The minimum atomic E-state index is -2.74. The summed E-state index contributed by atoms with van der Waals surface area (Å²) in [6.07, 6.45) is -1.17. The van der Waals surface area contributed by atoms with Crippen molar-refractivity contribution in [1.82, 2.24) is 14.8 Å². The Hall–Kier alpha value is -2.88. The van der Waals surface area contributed by atoms with Gasteiger partial charge in [-0.15, -0.1) is 11.3 Å². The molecule has 0 radical (unpaired) electrons. The van der Waals surface area contributed by atoms with Crippen molar-refractivity contribution >= 4 is 39.1 Å². The van der Waals surface area contributed by atoms with Crippen LogP contribution >= 0.6 is 11.3 Å². The van der Waals surface area contributed by atoms with Crippen molar-refractivity contribution in [3.63, 3.8) is 0 Å². The van der Waals surface area contributed by atoms with Crippen LogP contribution in [0.15, 0.2) is 18.3 Å². The fourth-order valence-electron chi connectivity index (χ4n) is 2.84. The molecule has 0 aliphatic rings. The first-order valence-corrected chi connectivity index (χ1v) is 8.85. The van der Waals surface area contributed by atoms with Gasteiger partial charge in [0.15, 0.2) is 0 Å². The summed E-state index contributed by atoms with van der Waals surface area (Å²) < 4.78 is 27.6. The summed E-state index contributed by atoms with van der Waals surface area (Å²) in [5, 5.41) is 7.23. The molecule has 0 aliphatic heterocycles. The van der Waals surface area contributed by atoms with Crippen molar-refractivity contribution in [3.8, 4) is 0 Å². The number of aromatic nitrogens is 3. The molecule has 0 aromatic carbocycles. The Morgan fingerprint density at radius 1 is 1.33 bits per heavy atom. The van der Waals surface area contributed by atoms with Crippen molar-refractivity contribution in [3.05, 3.63) is 40.2 Å². The molecule has 10 heteroatoms. The van der Waals surface area contributed by atoms with E-state index >= 15 is 0 Å². The summed E-state index contributed by atoms with van der Waals surface area (Å²) >= 11 is 0.876. The third-order valence-electron chi connectivity index (χ3n) is 4.19. The lowest BCUT2D eigenvalue weighted by Gasteiger charge is -2.15. The molecule has 3 aromatic heterocycles. The highest BCUT2D eigenvalue weighted by Crippen LogP contribution is 2.38. The number of amides is 2. The molecule has 3 heterocycles. The Labute approximate surface area is 157 Å². The van der Waals surface area contributed by atoms with Gasteiger partial charge in [-0.25, -0.2) is 13.8 Å². The molecule has 0 fully saturated rings. The first-order valence-electron chi connectivity index (χ1n) is 8.03. The van der Waals surface area contributed by atoms with Crippen LogP contribution in [0.3, 0.4) is 0 Å². The summed E-state index contributed by atoms with van der Waals surface area (Å²) in [5.41, 5.74) is 6.48. The van der Waals surface area contributed by atoms with Crippen molar-refractivity contribution < 1.29 is 18.4 Å². The number of nitrogens with zero attached hydrogens (tertiary/aromatic N) is 3. The third kappa shape index (κ3) is 3.39. The zero-order valence-corrected chi connectivity index (χ0v) is 15.6. The van der Waals surface area contributed by atoms with Crippen molar-refractivity contribution in [2.45, 2.75) is 33.2 Å². The first kappa shape index (κ1) is 18.9. The van der Waals surface area contributed by atoms with Crippen LogP contribution in [-0.4, -0.2) is 26.6 Å². The fraction of sp³-hybridized carbons (Fsp3) is 0.294. The molecule has 1 atom stereocenters. The largest absolute Gasteiger partial charge is 0.365 e. The number of alkyl halides is 2. The molecule has 0 spiro atoms. The molecule has 2 amide bonds. The number of nitrogens with one attached hydrogen (secondary N) is 1. The second-order valence-corrected chi connectivity index (χ2v) is 7.10. The number of hydrogen-bond acceptors (Lipinski definition) is 5. The summed E-state index contributed by atoms with van der Waals surface area (Å²) in [5.74, 6) is -1.18. The van der Waals surface area contributed by atoms with Crippen LogP contribution in [0, 0.1) is 13.8 Å². The smallest absolute Gasteiger partial charge is 0.280 e. The monoisotopic (exact) mass is 393 g/mol. The van der Waals surface area contributed by atoms with Crippen LogP contribution in [-0.2, 0) is 4.79 Å². The Bertz CT molecular complexity index is 1040. The van der Waals surface area contributed by atoms with E-state index in [0.717, 1.165) is 17.0 Å². The van der Waals surface area contributed by atoms with Gasteiger partial charge in [0.2, 0.25) is 5.91 Å². The van der Waals surface area contributed by atoms with Gasteiger partial charge in [0.25, 0.3) is 12.3 Å². The highest BCUT2D eigenvalue weighted by atomic mass is 32.1. The first-order chi connectivity index (χ1) is 12.7. The highest BCUT2D eigenvalue weighted by Gasteiger charge is 2.25. The average molecular weight is 393 g/mol. The van der Waals surface area contributed by atoms with Gasteiger partial charge < -0.3 is 11.1 Å². The van der Waals surface area contributed by atoms with Gasteiger partial charge in [-0.3, -0.25) is 14.3 Å². The van der Waals surface area contributed by atoms with Crippen LogP contribution < -0.4 is 11.1 Å².